The molecular formula is C17H16BrNOS. The maximum absolute atomic E-state index is 10.2. The van der Waals surface area contributed by atoms with E-state index in [4.69, 9.17) is 0 Å². The van der Waals surface area contributed by atoms with Gasteiger partial charge in [-0.05, 0) is 58.4 Å². The Balaban J connectivity index is 1.90. The molecule has 0 saturated carbocycles. The Hall–Kier alpha value is -1.36. The molecule has 1 N–H and O–H groups in total. The average molecular weight is 362 g/mol. The lowest BCUT2D eigenvalue weighted by atomic mass is 10.0. The SMILES string of the molecule is CN(Cc1ccsc1)Cc1c(O)ccc2cc(Br)ccc12. The van der Waals surface area contributed by atoms with Gasteiger partial charge in [-0.2, -0.15) is 11.3 Å². The van der Waals surface area contributed by atoms with Gasteiger partial charge in [-0.3, -0.25) is 4.90 Å². The summed E-state index contributed by atoms with van der Waals surface area (Å²) in [6.07, 6.45) is 0. The minimum Gasteiger partial charge on any atom is -0.508 e. The van der Waals surface area contributed by atoms with Gasteiger partial charge < -0.3 is 5.11 Å². The molecule has 1 heterocycles. The van der Waals surface area contributed by atoms with E-state index >= 15 is 0 Å². The van der Waals surface area contributed by atoms with Crippen LogP contribution < -0.4 is 0 Å². The van der Waals surface area contributed by atoms with Crippen molar-refractivity contribution in [3.63, 3.8) is 0 Å². The van der Waals surface area contributed by atoms with Crippen molar-refractivity contribution in [1.29, 1.82) is 0 Å². The predicted molar refractivity (Wildman–Crippen MR) is 92.8 cm³/mol. The van der Waals surface area contributed by atoms with E-state index in [0.717, 1.165) is 33.9 Å². The van der Waals surface area contributed by atoms with Crippen LogP contribution in [0.3, 0.4) is 0 Å². The molecule has 0 aliphatic rings. The zero-order chi connectivity index (χ0) is 14.8. The summed E-state index contributed by atoms with van der Waals surface area (Å²) < 4.78 is 1.05. The van der Waals surface area contributed by atoms with Crippen LogP contribution >= 0.6 is 27.3 Å². The highest BCUT2D eigenvalue weighted by atomic mass is 79.9. The van der Waals surface area contributed by atoms with Gasteiger partial charge in [0.1, 0.15) is 5.75 Å². The minimum absolute atomic E-state index is 0.363. The molecule has 0 fully saturated rings. The maximum atomic E-state index is 10.2. The fourth-order valence-electron chi connectivity index (χ4n) is 2.54. The Morgan fingerprint density at radius 2 is 2.00 bits per heavy atom. The number of nitrogens with zero attached hydrogens (tertiary/aromatic N) is 1. The number of rotatable bonds is 4. The molecule has 2 aromatic carbocycles. The van der Waals surface area contributed by atoms with E-state index in [1.165, 1.54) is 5.56 Å². The van der Waals surface area contributed by atoms with Crippen molar-refractivity contribution < 1.29 is 5.11 Å². The molecule has 108 valence electrons. The second-order valence-corrected chi connectivity index (χ2v) is 6.93. The first-order valence-electron chi connectivity index (χ1n) is 6.73. The molecule has 0 spiro atoms. The molecule has 0 aliphatic carbocycles. The normalized spacial score (nSPS) is 11.4. The summed E-state index contributed by atoms with van der Waals surface area (Å²) in [6.45, 7) is 1.61. The van der Waals surface area contributed by atoms with Crippen molar-refractivity contribution in [2.45, 2.75) is 13.1 Å². The molecular weight excluding hydrogens is 346 g/mol. The molecule has 0 atom stereocenters. The Kier molecular flexibility index (Phi) is 4.29. The van der Waals surface area contributed by atoms with Gasteiger partial charge in [0.15, 0.2) is 0 Å². The Morgan fingerprint density at radius 3 is 2.76 bits per heavy atom. The fourth-order valence-corrected chi connectivity index (χ4v) is 3.58. The van der Waals surface area contributed by atoms with Crippen LogP contribution in [-0.4, -0.2) is 17.1 Å². The highest BCUT2D eigenvalue weighted by Crippen LogP contribution is 2.30. The summed E-state index contributed by atoms with van der Waals surface area (Å²) in [4.78, 5) is 2.22. The fraction of sp³-hybridized carbons (Fsp3) is 0.176. The first-order valence-corrected chi connectivity index (χ1v) is 8.47. The second-order valence-electron chi connectivity index (χ2n) is 5.23. The van der Waals surface area contributed by atoms with Crippen LogP contribution in [0.25, 0.3) is 10.8 Å². The van der Waals surface area contributed by atoms with Crippen molar-refractivity contribution >= 4 is 38.0 Å². The quantitative estimate of drug-likeness (QED) is 0.706. The standard InChI is InChI=1S/C17H16BrNOS/c1-19(9-12-6-7-21-11-12)10-16-15-4-3-14(18)8-13(15)2-5-17(16)20/h2-8,11,20H,9-10H2,1H3. The molecule has 21 heavy (non-hydrogen) atoms. The molecule has 3 aromatic rings. The lowest BCUT2D eigenvalue weighted by Gasteiger charge is -2.18. The van der Waals surface area contributed by atoms with Gasteiger partial charge in [0.2, 0.25) is 0 Å². The minimum atomic E-state index is 0.363. The van der Waals surface area contributed by atoms with E-state index in [9.17, 15) is 5.11 Å². The van der Waals surface area contributed by atoms with Crippen molar-refractivity contribution in [2.24, 2.45) is 0 Å². The van der Waals surface area contributed by atoms with Crippen LogP contribution in [0.15, 0.2) is 51.6 Å². The Morgan fingerprint density at radius 1 is 1.14 bits per heavy atom. The van der Waals surface area contributed by atoms with Crippen LogP contribution in [-0.2, 0) is 13.1 Å². The van der Waals surface area contributed by atoms with Crippen LogP contribution in [0.5, 0.6) is 5.75 Å². The number of halogens is 1. The molecule has 0 bridgehead atoms. The van der Waals surface area contributed by atoms with Crippen LogP contribution in [0.4, 0.5) is 0 Å². The Labute approximate surface area is 136 Å². The van der Waals surface area contributed by atoms with Gasteiger partial charge in [0.05, 0.1) is 0 Å². The molecule has 0 aliphatic heterocycles. The number of aromatic hydroxyl groups is 1. The summed E-state index contributed by atoms with van der Waals surface area (Å²) in [6, 6.07) is 12.0. The highest BCUT2D eigenvalue weighted by molar-refractivity contribution is 9.10. The van der Waals surface area contributed by atoms with Crippen molar-refractivity contribution in [1.82, 2.24) is 4.90 Å². The molecule has 0 radical (unpaired) electrons. The van der Waals surface area contributed by atoms with E-state index in [2.05, 4.69) is 56.8 Å². The topological polar surface area (TPSA) is 23.5 Å². The first kappa shape index (κ1) is 14.6. The molecule has 4 heteroatoms. The zero-order valence-electron chi connectivity index (χ0n) is 11.7. The number of hydrogen-bond donors (Lipinski definition) is 1. The van der Waals surface area contributed by atoms with Crippen LogP contribution in [0.1, 0.15) is 11.1 Å². The van der Waals surface area contributed by atoms with Gasteiger partial charge in [0.25, 0.3) is 0 Å². The number of phenolic OH excluding ortho intramolecular Hbond substituents is 1. The third kappa shape index (κ3) is 3.28. The summed E-state index contributed by atoms with van der Waals surface area (Å²) in [5.74, 6) is 0.363. The molecule has 2 nitrogen and oxygen atoms in total. The monoisotopic (exact) mass is 361 g/mol. The number of phenols is 1. The smallest absolute Gasteiger partial charge is 0.120 e. The third-order valence-corrected chi connectivity index (χ3v) is 4.75. The van der Waals surface area contributed by atoms with Gasteiger partial charge in [0, 0.05) is 23.1 Å². The number of fused-ring (bicyclic) bond motifs is 1. The van der Waals surface area contributed by atoms with Gasteiger partial charge >= 0.3 is 0 Å². The van der Waals surface area contributed by atoms with Gasteiger partial charge in [-0.15, -0.1) is 0 Å². The lowest BCUT2D eigenvalue weighted by Crippen LogP contribution is -2.17. The van der Waals surface area contributed by atoms with Crippen molar-refractivity contribution in [3.05, 3.63) is 62.8 Å². The highest BCUT2D eigenvalue weighted by Gasteiger charge is 2.10. The molecule has 1 aromatic heterocycles. The van der Waals surface area contributed by atoms with E-state index in [0.29, 0.717) is 5.75 Å². The average Bonchev–Trinajstić information content (AvgIpc) is 2.95. The van der Waals surface area contributed by atoms with Gasteiger partial charge in [-0.1, -0.05) is 28.1 Å². The second kappa shape index (κ2) is 6.18. The van der Waals surface area contributed by atoms with E-state index in [1.54, 1.807) is 17.4 Å². The van der Waals surface area contributed by atoms with Gasteiger partial charge in [-0.25, -0.2) is 0 Å². The molecule has 0 saturated heterocycles. The van der Waals surface area contributed by atoms with Crippen molar-refractivity contribution in [2.75, 3.05) is 7.05 Å². The van der Waals surface area contributed by atoms with Crippen LogP contribution in [0.2, 0.25) is 0 Å². The largest absolute Gasteiger partial charge is 0.508 e. The number of hydrogen-bond acceptors (Lipinski definition) is 3. The summed E-state index contributed by atoms with van der Waals surface area (Å²) in [5.41, 5.74) is 2.29. The predicted octanol–water partition coefficient (Wildman–Crippen LogP) is 5.00. The zero-order valence-corrected chi connectivity index (χ0v) is 14.1. The van der Waals surface area contributed by atoms with E-state index < -0.39 is 0 Å². The van der Waals surface area contributed by atoms with E-state index in [-0.39, 0.29) is 0 Å². The third-order valence-electron chi connectivity index (χ3n) is 3.53. The summed E-state index contributed by atoms with van der Waals surface area (Å²) in [5, 5.41) is 16.7. The first-order chi connectivity index (χ1) is 10.1. The summed E-state index contributed by atoms with van der Waals surface area (Å²) >= 11 is 5.21. The lowest BCUT2D eigenvalue weighted by molar-refractivity contribution is 0.314. The molecule has 0 unspecified atom stereocenters. The Bertz CT molecular complexity index is 755. The molecule has 0 amide bonds. The van der Waals surface area contributed by atoms with Crippen molar-refractivity contribution in [3.8, 4) is 5.75 Å². The summed E-state index contributed by atoms with van der Waals surface area (Å²) in [7, 11) is 2.08. The van der Waals surface area contributed by atoms with Crippen LogP contribution in [0, 0.1) is 0 Å². The molecule has 3 rings (SSSR count). The van der Waals surface area contributed by atoms with E-state index in [1.807, 2.05) is 12.1 Å². The number of benzene rings is 2. The number of thiophene rings is 1. The maximum Gasteiger partial charge on any atom is 0.120 e.